The van der Waals surface area contributed by atoms with Crippen molar-refractivity contribution in [1.82, 2.24) is 9.80 Å². The van der Waals surface area contributed by atoms with Gasteiger partial charge in [-0.25, -0.2) is 9.59 Å². The number of amides is 2. The van der Waals surface area contributed by atoms with E-state index in [4.69, 9.17) is 14.2 Å². The SMILES string of the molecule is C[C@H]1CC[C@H](c2cccc(OCC3CCN(C(=O)OCc4ccccc4)CC3)c2)N(C(=O)OC(C)(C)C)C1. The van der Waals surface area contributed by atoms with Crippen molar-refractivity contribution in [1.29, 1.82) is 0 Å². The average Bonchev–Trinajstić information content (AvgIpc) is 2.90. The number of rotatable bonds is 6. The standard InChI is InChI=1S/C31H42N2O5/c1-23-13-14-28(33(20-23)30(35)38-31(2,3)4)26-11-8-12-27(19-26)36-21-25-15-17-32(18-16-25)29(34)37-22-24-9-6-5-7-10-24/h5-12,19,23,25,28H,13-18,20-22H2,1-4H3/t23-,28+/m0/s1. The van der Waals surface area contributed by atoms with Crippen molar-refractivity contribution < 1.29 is 23.8 Å². The molecule has 4 rings (SSSR count). The molecule has 2 aliphatic rings. The Morgan fingerprint density at radius 3 is 2.37 bits per heavy atom. The van der Waals surface area contributed by atoms with Crippen molar-refractivity contribution >= 4 is 12.2 Å². The van der Waals surface area contributed by atoms with Crippen LogP contribution in [0.1, 0.15) is 70.5 Å². The highest BCUT2D eigenvalue weighted by molar-refractivity contribution is 5.69. The zero-order chi connectivity index (χ0) is 27.1. The van der Waals surface area contributed by atoms with Gasteiger partial charge in [-0.15, -0.1) is 0 Å². The Balaban J connectivity index is 1.27. The van der Waals surface area contributed by atoms with Gasteiger partial charge in [0.2, 0.25) is 0 Å². The second-order valence-corrected chi connectivity index (χ2v) is 11.7. The topological polar surface area (TPSA) is 68.3 Å². The molecule has 2 amide bonds. The maximum absolute atomic E-state index is 13.0. The number of benzene rings is 2. The summed E-state index contributed by atoms with van der Waals surface area (Å²) in [5, 5.41) is 0. The molecule has 0 spiro atoms. The fourth-order valence-electron chi connectivity index (χ4n) is 5.14. The summed E-state index contributed by atoms with van der Waals surface area (Å²) >= 11 is 0. The van der Waals surface area contributed by atoms with Gasteiger partial charge in [-0.05, 0) is 81.5 Å². The van der Waals surface area contributed by atoms with Crippen molar-refractivity contribution in [3.63, 3.8) is 0 Å². The van der Waals surface area contributed by atoms with Gasteiger partial charge in [-0.2, -0.15) is 0 Å². The maximum Gasteiger partial charge on any atom is 0.410 e. The van der Waals surface area contributed by atoms with Gasteiger partial charge in [0.15, 0.2) is 0 Å². The predicted molar refractivity (Wildman–Crippen MR) is 147 cm³/mol. The molecule has 7 heteroatoms. The Morgan fingerprint density at radius 1 is 0.921 bits per heavy atom. The number of likely N-dealkylation sites (tertiary alicyclic amines) is 2. The van der Waals surface area contributed by atoms with Crippen molar-refractivity contribution in [3.8, 4) is 5.75 Å². The minimum atomic E-state index is -0.526. The first-order chi connectivity index (χ1) is 18.2. The molecule has 2 atom stereocenters. The van der Waals surface area contributed by atoms with Gasteiger partial charge in [0.1, 0.15) is 18.0 Å². The third kappa shape index (κ3) is 7.89. The smallest absolute Gasteiger partial charge is 0.410 e. The van der Waals surface area contributed by atoms with E-state index in [-0.39, 0.29) is 18.2 Å². The molecule has 0 saturated carbocycles. The zero-order valence-corrected chi connectivity index (χ0v) is 23.2. The molecule has 0 N–H and O–H groups in total. The second kappa shape index (κ2) is 12.5. The van der Waals surface area contributed by atoms with Crippen LogP contribution < -0.4 is 4.74 Å². The Labute approximate surface area is 227 Å². The largest absolute Gasteiger partial charge is 0.493 e. The van der Waals surface area contributed by atoms with E-state index in [2.05, 4.69) is 19.1 Å². The molecule has 2 aromatic carbocycles. The fraction of sp³-hybridized carbons (Fsp3) is 0.548. The van der Waals surface area contributed by atoms with Crippen molar-refractivity contribution in [3.05, 3.63) is 65.7 Å². The average molecular weight is 523 g/mol. The Kier molecular flexibility index (Phi) is 9.18. The lowest BCUT2D eigenvalue weighted by Gasteiger charge is -2.39. The third-order valence-electron chi connectivity index (χ3n) is 7.25. The van der Waals surface area contributed by atoms with Gasteiger partial charge >= 0.3 is 12.2 Å². The molecular formula is C31H42N2O5. The van der Waals surface area contributed by atoms with E-state index in [9.17, 15) is 9.59 Å². The quantitative estimate of drug-likeness (QED) is 0.416. The summed E-state index contributed by atoms with van der Waals surface area (Å²) in [4.78, 5) is 29.1. The highest BCUT2D eigenvalue weighted by atomic mass is 16.6. The number of nitrogens with zero attached hydrogens (tertiary/aromatic N) is 2. The molecule has 2 aromatic rings. The predicted octanol–water partition coefficient (Wildman–Crippen LogP) is 6.82. The van der Waals surface area contributed by atoms with Crippen LogP contribution in [0.4, 0.5) is 9.59 Å². The van der Waals surface area contributed by atoms with Gasteiger partial charge < -0.3 is 24.0 Å². The highest BCUT2D eigenvalue weighted by Gasteiger charge is 2.34. The van der Waals surface area contributed by atoms with E-state index >= 15 is 0 Å². The molecule has 2 fully saturated rings. The highest BCUT2D eigenvalue weighted by Crippen LogP contribution is 2.36. The third-order valence-corrected chi connectivity index (χ3v) is 7.25. The van der Waals surface area contributed by atoms with E-state index in [0.29, 0.717) is 44.7 Å². The molecule has 7 nitrogen and oxygen atoms in total. The van der Waals surface area contributed by atoms with Crippen LogP contribution in [0.25, 0.3) is 0 Å². The van der Waals surface area contributed by atoms with Crippen LogP contribution in [0.5, 0.6) is 5.75 Å². The van der Waals surface area contributed by atoms with Gasteiger partial charge in [0.05, 0.1) is 12.6 Å². The van der Waals surface area contributed by atoms with Gasteiger partial charge in [0, 0.05) is 19.6 Å². The molecule has 2 aliphatic heterocycles. The minimum absolute atomic E-state index is 0.0188. The van der Waals surface area contributed by atoms with E-state index < -0.39 is 5.60 Å². The Morgan fingerprint density at radius 2 is 1.66 bits per heavy atom. The fourth-order valence-corrected chi connectivity index (χ4v) is 5.14. The van der Waals surface area contributed by atoms with Crippen LogP contribution in [0.2, 0.25) is 0 Å². The van der Waals surface area contributed by atoms with E-state index in [1.54, 1.807) is 4.90 Å². The van der Waals surface area contributed by atoms with Crippen LogP contribution in [-0.4, -0.2) is 53.8 Å². The summed E-state index contributed by atoms with van der Waals surface area (Å²) < 4.78 is 17.4. The van der Waals surface area contributed by atoms with Crippen LogP contribution in [-0.2, 0) is 16.1 Å². The zero-order valence-electron chi connectivity index (χ0n) is 23.2. The number of ether oxygens (including phenoxy) is 3. The molecule has 2 heterocycles. The Bertz CT molecular complexity index is 1060. The number of hydrogen-bond donors (Lipinski definition) is 0. The molecule has 206 valence electrons. The lowest BCUT2D eigenvalue weighted by Crippen LogP contribution is -2.44. The number of carbonyl (C=O) groups excluding carboxylic acids is 2. The second-order valence-electron chi connectivity index (χ2n) is 11.7. The van der Waals surface area contributed by atoms with Crippen LogP contribution in [0.15, 0.2) is 54.6 Å². The summed E-state index contributed by atoms with van der Waals surface area (Å²) in [6, 6.07) is 17.8. The molecule has 2 saturated heterocycles. The first kappa shape index (κ1) is 27.8. The normalized spacial score (nSPS) is 20.6. The summed E-state index contributed by atoms with van der Waals surface area (Å²) in [7, 11) is 0. The molecule has 0 unspecified atom stereocenters. The monoisotopic (exact) mass is 522 g/mol. The number of hydrogen-bond acceptors (Lipinski definition) is 5. The van der Waals surface area contributed by atoms with Gasteiger partial charge in [0.25, 0.3) is 0 Å². The first-order valence-corrected chi connectivity index (χ1v) is 13.9. The van der Waals surface area contributed by atoms with Crippen LogP contribution >= 0.6 is 0 Å². The van der Waals surface area contributed by atoms with Crippen LogP contribution in [0.3, 0.4) is 0 Å². The minimum Gasteiger partial charge on any atom is -0.493 e. The Hall–Kier alpha value is -3.22. The summed E-state index contributed by atoms with van der Waals surface area (Å²) in [5.41, 5.74) is 1.54. The van der Waals surface area contributed by atoms with E-state index in [0.717, 1.165) is 42.6 Å². The molecule has 0 aliphatic carbocycles. The lowest BCUT2D eigenvalue weighted by molar-refractivity contribution is 0.00359. The number of piperidine rings is 2. The molecule has 0 aromatic heterocycles. The maximum atomic E-state index is 13.0. The van der Waals surface area contributed by atoms with Crippen molar-refractivity contribution in [2.45, 2.75) is 71.6 Å². The van der Waals surface area contributed by atoms with Crippen molar-refractivity contribution in [2.24, 2.45) is 11.8 Å². The molecule has 0 radical (unpaired) electrons. The number of carbonyl (C=O) groups is 2. The van der Waals surface area contributed by atoms with Gasteiger partial charge in [-0.3, -0.25) is 0 Å². The molecule has 38 heavy (non-hydrogen) atoms. The van der Waals surface area contributed by atoms with Gasteiger partial charge in [-0.1, -0.05) is 49.4 Å². The summed E-state index contributed by atoms with van der Waals surface area (Å²) in [6.07, 6.45) is 3.23. The van der Waals surface area contributed by atoms with Crippen molar-refractivity contribution in [2.75, 3.05) is 26.2 Å². The van der Waals surface area contributed by atoms with E-state index in [1.165, 1.54) is 0 Å². The molecular weight excluding hydrogens is 480 g/mol. The van der Waals surface area contributed by atoms with E-state index in [1.807, 2.05) is 68.1 Å². The summed E-state index contributed by atoms with van der Waals surface area (Å²) in [6.45, 7) is 10.8. The first-order valence-electron chi connectivity index (χ1n) is 13.9. The van der Waals surface area contributed by atoms with Crippen LogP contribution in [0, 0.1) is 11.8 Å². The molecule has 0 bridgehead atoms. The summed E-state index contributed by atoms with van der Waals surface area (Å²) in [5.74, 6) is 1.64. The lowest BCUT2D eigenvalue weighted by atomic mass is 9.90.